The Balaban J connectivity index is 2.31. The van der Waals surface area contributed by atoms with Gasteiger partial charge in [0.2, 0.25) is 0 Å². The van der Waals surface area contributed by atoms with Crippen molar-refractivity contribution < 1.29 is 4.92 Å². The molecule has 0 saturated carbocycles. The van der Waals surface area contributed by atoms with Gasteiger partial charge in [-0.15, -0.1) is 0 Å². The van der Waals surface area contributed by atoms with Crippen molar-refractivity contribution in [2.45, 2.75) is 19.9 Å². The molecule has 1 heterocycles. The van der Waals surface area contributed by atoms with Crippen LogP contribution in [-0.4, -0.2) is 16.0 Å². The lowest BCUT2D eigenvalue weighted by Crippen LogP contribution is -2.18. The number of nitro groups is 1. The highest BCUT2D eigenvalue weighted by Gasteiger charge is 2.13. The molecule has 110 valence electrons. The molecule has 1 N–H and O–H groups in total. The van der Waals surface area contributed by atoms with Gasteiger partial charge in [0.1, 0.15) is 5.69 Å². The fourth-order valence-electron chi connectivity index (χ4n) is 2.03. The SMILES string of the molecule is CCCNc1cc(Cn2ccccc2=O)ccc1[N+](=O)[O-]. The molecule has 0 unspecified atom stereocenters. The fraction of sp³-hybridized carbons (Fsp3) is 0.267. The van der Waals surface area contributed by atoms with Crippen molar-refractivity contribution in [1.82, 2.24) is 4.57 Å². The van der Waals surface area contributed by atoms with Crippen LogP contribution in [0.3, 0.4) is 0 Å². The van der Waals surface area contributed by atoms with Crippen LogP contribution in [0, 0.1) is 10.1 Å². The third-order valence-electron chi connectivity index (χ3n) is 3.08. The van der Waals surface area contributed by atoms with Crippen molar-refractivity contribution in [3.8, 4) is 0 Å². The molecule has 0 bridgehead atoms. The molecule has 2 rings (SSSR count). The zero-order chi connectivity index (χ0) is 15.2. The van der Waals surface area contributed by atoms with Gasteiger partial charge in [-0.3, -0.25) is 14.9 Å². The quantitative estimate of drug-likeness (QED) is 0.654. The predicted molar refractivity (Wildman–Crippen MR) is 81.7 cm³/mol. The monoisotopic (exact) mass is 287 g/mol. The van der Waals surface area contributed by atoms with Crippen LogP contribution in [0.4, 0.5) is 11.4 Å². The first-order valence-corrected chi connectivity index (χ1v) is 6.78. The van der Waals surface area contributed by atoms with Gasteiger partial charge in [0.25, 0.3) is 11.2 Å². The van der Waals surface area contributed by atoms with Crippen LogP contribution in [0.2, 0.25) is 0 Å². The zero-order valence-electron chi connectivity index (χ0n) is 11.8. The van der Waals surface area contributed by atoms with Crippen molar-refractivity contribution in [3.63, 3.8) is 0 Å². The third kappa shape index (κ3) is 3.68. The van der Waals surface area contributed by atoms with Crippen LogP contribution in [0.25, 0.3) is 0 Å². The lowest BCUT2D eigenvalue weighted by molar-refractivity contribution is -0.384. The Hall–Kier alpha value is -2.63. The summed E-state index contributed by atoms with van der Waals surface area (Å²) < 4.78 is 1.56. The van der Waals surface area contributed by atoms with Crippen molar-refractivity contribution >= 4 is 11.4 Å². The van der Waals surface area contributed by atoms with E-state index in [1.165, 1.54) is 12.1 Å². The lowest BCUT2D eigenvalue weighted by atomic mass is 10.1. The molecule has 1 aromatic heterocycles. The van der Waals surface area contributed by atoms with E-state index in [-0.39, 0.29) is 11.2 Å². The van der Waals surface area contributed by atoms with Crippen LogP contribution in [-0.2, 0) is 6.54 Å². The molecule has 0 aliphatic rings. The van der Waals surface area contributed by atoms with Gasteiger partial charge in [0.15, 0.2) is 0 Å². The molecule has 0 aliphatic heterocycles. The summed E-state index contributed by atoms with van der Waals surface area (Å²) in [4.78, 5) is 22.3. The molecule has 1 aromatic carbocycles. The Morgan fingerprint density at radius 1 is 1.29 bits per heavy atom. The summed E-state index contributed by atoms with van der Waals surface area (Å²) in [5.74, 6) is 0. The Morgan fingerprint density at radius 3 is 2.76 bits per heavy atom. The summed E-state index contributed by atoms with van der Waals surface area (Å²) >= 11 is 0. The first-order chi connectivity index (χ1) is 10.1. The standard InChI is InChI=1S/C15H17N3O3/c1-2-8-16-13-10-12(6-7-14(13)18(20)21)11-17-9-4-3-5-15(17)19/h3-7,9-10,16H,2,8,11H2,1H3. The molecule has 21 heavy (non-hydrogen) atoms. The molecule has 0 amide bonds. The van der Waals surface area contributed by atoms with E-state index >= 15 is 0 Å². The number of hydrogen-bond acceptors (Lipinski definition) is 4. The molecule has 6 heteroatoms. The minimum absolute atomic E-state index is 0.0487. The second kappa shape index (κ2) is 6.69. The van der Waals surface area contributed by atoms with Crippen molar-refractivity contribution in [2.75, 3.05) is 11.9 Å². The molecule has 2 aromatic rings. The Kier molecular flexibility index (Phi) is 4.71. The smallest absolute Gasteiger partial charge is 0.292 e. The maximum atomic E-state index is 11.7. The molecule has 6 nitrogen and oxygen atoms in total. The summed E-state index contributed by atoms with van der Waals surface area (Å²) in [5.41, 5.74) is 1.28. The van der Waals surface area contributed by atoms with Crippen LogP contribution in [0.5, 0.6) is 0 Å². The number of hydrogen-bond donors (Lipinski definition) is 1. The predicted octanol–water partition coefficient (Wildman–Crippen LogP) is 2.63. The van der Waals surface area contributed by atoms with Crippen molar-refractivity contribution in [2.24, 2.45) is 0 Å². The summed E-state index contributed by atoms with van der Waals surface area (Å²) in [6.45, 7) is 3.04. The van der Waals surface area contributed by atoms with E-state index in [0.717, 1.165) is 12.0 Å². The number of nitrogens with one attached hydrogen (secondary N) is 1. The largest absolute Gasteiger partial charge is 0.379 e. The van der Waals surface area contributed by atoms with Gasteiger partial charge in [-0.2, -0.15) is 0 Å². The molecular formula is C15H17N3O3. The molecule has 0 fully saturated rings. The average Bonchev–Trinajstić information content (AvgIpc) is 2.47. The van der Waals surface area contributed by atoms with E-state index in [0.29, 0.717) is 18.8 Å². The highest BCUT2D eigenvalue weighted by Crippen LogP contribution is 2.25. The molecule has 0 radical (unpaired) electrons. The molecule has 0 spiro atoms. The fourth-order valence-corrected chi connectivity index (χ4v) is 2.03. The zero-order valence-corrected chi connectivity index (χ0v) is 11.8. The minimum atomic E-state index is -0.406. The lowest BCUT2D eigenvalue weighted by Gasteiger charge is -2.09. The van der Waals surface area contributed by atoms with Crippen molar-refractivity contribution in [3.05, 3.63) is 68.6 Å². The van der Waals surface area contributed by atoms with Gasteiger partial charge < -0.3 is 9.88 Å². The van der Waals surface area contributed by atoms with Crippen LogP contribution >= 0.6 is 0 Å². The first-order valence-electron chi connectivity index (χ1n) is 6.78. The van der Waals surface area contributed by atoms with Gasteiger partial charge in [-0.1, -0.05) is 19.1 Å². The Bertz CT molecular complexity index is 695. The summed E-state index contributed by atoms with van der Waals surface area (Å²) in [5, 5.41) is 14.1. The van der Waals surface area contributed by atoms with E-state index in [1.54, 1.807) is 35.0 Å². The van der Waals surface area contributed by atoms with Crippen LogP contribution < -0.4 is 10.9 Å². The van der Waals surface area contributed by atoms with Gasteiger partial charge in [0, 0.05) is 24.9 Å². The highest BCUT2D eigenvalue weighted by atomic mass is 16.6. The number of nitrogens with zero attached hydrogens (tertiary/aromatic N) is 2. The number of aromatic nitrogens is 1. The molecule has 0 atom stereocenters. The van der Waals surface area contributed by atoms with Crippen LogP contribution in [0.1, 0.15) is 18.9 Å². The third-order valence-corrected chi connectivity index (χ3v) is 3.08. The summed E-state index contributed by atoms with van der Waals surface area (Å²) in [6.07, 6.45) is 2.57. The van der Waals surface area contributed by atoms with E-state index in [2.05, 4.69) is 5.32 Å². The average molecular weight is 287 g/mol. The topological polar surface area (TPSA) is 77.2 Å². The Morgan fingerprint density at radius 2 is 2.10 bits per heavy atom. The number of benzene rings is 1. The first kappa shape index (κ1) is 14.8. The number of anilines is 1. The van der Waals surface area contributed by atoms with E-state index in [4.69, 9.17) is 0 Å². The normalized spacial score (nSPS) is 10.3. The maximum Gasteiger partial charge on any atom is 0.292 e. The summed E-state index contributed by atoms with van der Waals surface area (Å²) in [6, 6.07) is 9.83. The Labute approximate surface area is 122 Å². The van der Waals surface area contributed by atoms with Gasteiger partial charge in [-0.25, -0.2) is 0 Å². The van der Waals surface area contributed by atoms with Crippen molar-refractivity contribution in [1.29, 1.82) is 0 Å². The van der Waals surface area contributed by atoms with E-state index in [1.807, 2.05) is 6.92 Å². The van der Waals surface area contributed by atoms with E-state index in [9.17, 15) is 14.9 Å². The number of nitro benzene ring substituents is 1. The molecule has 0 saturated heterocycles. The number of pyridine rings is 1. The van der Waals surface area contributed by atoms with Crippen LogP contribution in [0.15, 0.2) is 47.4 Å². The summed E-state index contributed by atoms with van der Waals surface area (Å²) in [7, 11) is 0. The minimum Gasteiger partial charge on any atom is -0.379 e. The van der Waals surface area contributed by atoms with Gasteiger partial charge >= 0.3 is 0 Å². The second-order valence-corrected chi connectivity index (χ2v) is 4.70. The number of rotatable bonds is 6. The molecular weight excluding hydrogens is 270 g/mol. The van der Waals surface area contributed by atoms with Gasteiger partial charge in [-0.05, 0) is 24.1 Å². The van der Waals surface area contributed by atoms with E-state index < -0.39 is 4.92 Å². The molecule has 0 aliphatic carbocycles. The second-order valence-electron chi connectivity index (χ2n) is 4.70. The maximum absolute atomic E-state index is 11.7. The van der Waals surface area contributed by atoms with Gasteiger partial charge in [0.05, 0.1) is 11.5 Å². The highest BCUT2D eigenvalue weighted by molar-refractivity contribution is 5.62.